The molecule has 72 valence electrons. The Morgan fingerprint density at radius 2 is 2.46 bits per heavy atom. The van der Waals surface area contributed by atoms with Gasteiger partial charge in [-0.15, -0.1) is 0 Å². The Bertz CT molecular complexity index is 336. The monoisotopic (exact) mass is 295 g/mol. The largest absolute Gasteiger partial charge is 0.366 e. The van der Waals surface area contributed by atoms with Gasteiger partial charge in [0.1, 0.15) is 0 Å². The van der Waals surface area contributed by atoms with Crippen LogP contribution in [-0.4, -0.2) is 23.1 Å². The summed E-state index contributed by atoms with van der Waals surface area (Å²) in [5.41, 5.74) is -0.112. The molecule has 0 aromatic carbocycles. The maximum Gasteiger partial charge on any atom is 0.264 e. The van der Waals surface area contributed by atoms with Gasteiger partial charge in [0, 0.05) is 13.3 Å². The SMILES string of the molecule is COC(O)Cn1cccc(I)c1=O. The summed E-state index contributed by atoms with van der Waals surface area (Å²) in [6, 6.07) is 3.48. The number of rotatable bonds is 3. The van der Waals surface area contributed by atoms with Gasteiger partial charge in [-0.1, -0.05) is 0 Å². The van der Waals surface area contributed by atoms with E-state index in [1.165, 1.54) is 11.7 Å². The van der Waals surface area contributed by atoms with Crippen LogP contribution in [0.5, 0.6) is 0 Å². The fourth-order valence-electron chi connectivity index (χ4n) is 0.894. The number of halogens is 1. The molecule has 1 N–H and O–H groups in total. The van der Waals surface area contributed by atoms with E-state index in [2.05, 4.69) is 4.74 Å². The number of hydrogen-bond acceptors (Lipinski definition) is 3. The fourth-order valence-corrected chi connectivity index (χ4v) is 1.41. The highest BCUT2D eigenvalue weighted by Gasteiger charge is 2.05. The number of aliphatic hydroxyl groups is 1. The van der Waals surface area contributed by atoms with E-state index in [-0.39, 0.29) is 12.1 Å². The van der Waals surface area contributed by atoms with Gasteiger partial charge in [-0.25, -0.2) is 0 Å². The van der Waals surface area contributed by atoms with Crippen LogP contribution in [0.4, 0.5) is 0 Å². The van der Waals surface area contributed by atoms with Gasteiger partial charge < -0.3 is 14.4 Å². The lowest BCUT2D eigenvalue weighted by molar-refractivity contribution is -0.0840. The van der Waals surface area contributed by atoms with Crippen LogP contribution in [0.15, 0.2) is 23.1 Å². The van der Waals surface area contributed by atoms with E-state index in [0.717, 1.165) is 0 Å². The van der Waals surface area contributed by atoms with Crippen molar-refractivity contribution >= 4 is 22.6 Å². The molecule has 0 amide bonds. The van der Waals surface area contributed by atoms with Gasteiger partial charge in [-0.2, -0.15) is 0 Å². The number of nitrogens with zero attached hydrogens (tertiary/aromatic N) is 1. The first-order valence-corrected chi connectivity index (χ1v) is 4.79. The minimum absolute atomic E-state index is 0.112. The Labute approximate surface area is 89.3 Å². The Hall–Kier alpha value is -0.400. The van der Waals surface area contributed by atoms with Crippen molar-refractivity contribution < 1.29 is 9.84 Å². The highest BCUT2D eigenvalue weighted by atomic mass is 127. The smallest absolute Gasteiger partial charge is 0.264 e. The summed E-state index contributed by atoms with van der Waals surface area (Å²) in [6.45, 7) is 0.159. The summed E-state index contributed by atoms with van der Waals surface area (Å²) in [6.07, 6.45) is 0.683. The predicted octanol–water partition coefficient (Wildman–Crippen LogP) is 0.418. The first kappa shape index (κ1) is 10.7. The molecule has 4 nitrogen and oxygen atoms in total. The minimum Gasteiger partial charge on any atom is -0.366 e. The van der Waals surface area contributed by atoms with Crippen molar-refractivity contribution in [3.05, 3.63) is 32.3 Å². The zero-order valence-electron chi connectivity index (χ0n) is 7.11. The summed E-state index contributed by atoms with van der Waals surface area (Å²) < 4.78 is 6.68. The van der Waals surface area contributed by atoms with Gasteiger partial charge >= 0.3 is 0 Å². The topological polar surface area (TPSA) is 51.5 Å². The molecule has 0 aliphatic heterocycles. The number of aliphatic hydroxyl groups excluding tert-OH is 1. The molecule has 0 fully saturated rings. The summed E-state index contributed by atoms with van der Waals surface area (Å²) in [4.78, 5) is 11.4. The van der Waals surface area contributed by atoms with Crippen molar-refractivity contribution in [2.24, 2.45) is 0 Å². The van der Waals surface area contributed by atoms with Gasteiger partial charge in [0.2, 0.25) is 0 Å². The number of pyridine rings is 1. The van der Waals surface area contributed by atoms with E-state index in [1.807, 2.05) is 22.6 Å². The molecule has 1 heterocycles. The molecule has 0 saturated carbocycles. The molecule has 1 unspecified atom stereocenters. The first-order valence-electron chi connectivity index (χ1n) is 3.71. The van der Waals surface area contributed by atoms with Crippen LogP contribution < -0.4 is 5.56 Å². The summed E-state index contributed by atoms with van der Waals surface area (Å²) in [5.74, 6) is 0. The van der Waals surface area contributed by atoms with Crippen molar-refractivity contribution in [3.63, 3.8) is 0 Å². The molecule has 1 aromatic rings. The third-order valence-corrected chi connectivity index (χ3v) is 2.42. The average Bonchev–Trinajstić information content (AvgIpc) is 2.13. The Balaban J connectivity index is 2.89. The molecule has 0 spiro atoms. The average molecular weight is 295 g/mol. The number of methoxy groups -OCH3 is 1. The predicted molar refractivity (Wildman–Crippen MR) is 56.4 cm³/mol. The molecular formula is C8H10INO3. The van der Waals surface area contributed by atoms with Gasteiger partial charge in [0.25, 0.3) is 5.56 Å². The molecule has 1 rings (SSSR count). The van der Waals surface area contributed by atoms with Crippen molar-refractivity contribution in [1.82, 2.24) is 4.57 Å². The van der Waals surface area contributed by atoms with E-state index in [4.69, 9.17) is 5.11 Å². The van der Waals surface area contributed by atoms with Crippen LogP contribution in [0.2, 0.25) is 0 Å². The summed E-state index contributed by atoms with van der Waals surface area (Å²) in [7, 11) is 1.39. The summed E-state index contributed by atoms with van der Waals surface area (Å²) in [5, 5.41) is 9.14. The quantitative estimate of drug-likeness (QED) is 0.649. The van der Waals surface area contributed by atoms with Crippen molar-refractivity contribution in [3.8, 4) is 0 Å². The van der Waals surface area contributed by atoms with Crippen LogP contribution >= 0.6 is 22.6 Å². The molecule has 0 aliphatic rings. The second-order valence-corrected chi connectivity index (χ2v) is 3.67. The third-order valence-electron chi connectivity index (χ3n) is 1.60. The van der Waals surface area contributed by atoms with Crippen LogP contribution in [-0.2, 0) is 11.3 Å². The van der Waals surface area contributed by atoms with Gasteiger partial charge in [-0.3, -0.25) is 4.79 Å². The fraction of sp³-hybridized carbons (Fsp3) is 0.375. The van der Waals surface area contributed by atoms with Crippen LogP contribution in [0, 0.1) is 3.57 Å². The van der Waals surface area contributed by atoms with Gasteiger partial charge in [-0.05, 0) is 34.7 Å². The van der Waals surface area contributed by atoms with Crippen molar-refractivity contribution in [2.75, 3.05) is 7.11 Å². The first-order chi connectivity index (χ1) is 6.15. The molecule has 1 aromatic heterocycles. The Morgan fingerprint density at radius 1 is 1.77 bits per heavy atom. The van der Waals surface area contributed by atoms with Crippen LogP contribution in [0.3, 0.4) is 0 Å². The van der Waals surface area contributed by atoms with Gasteiger partial charge in [0.15, 0.2) is 6.29 Å². The highest BCUT2D eigenvalue weighted by Crippen LogP contribution is 1.97. The molecular weight excluding hydrogens is 285 g/mol. The summed E-state index contributed by atoms with van der Waals surface area (Å²) >= 11 is 1.95. The lowest BCUT2D eigenvalue weighted by Crippen LogP contribution is -2.28. The number of hydrogen-bond donors (Lipinski definition) is 1. The molecule has 0 radical (unpaired) electrons. The van der Waals surface area contributed by atoms with Crippen molar-refractivity contribution in [2.45, 2.75) is 12.8 Å². The normalized spacial score (nSPS) is 12.8. The maximum atomic E-state index is 11.4. The lowest BCUT2D eigenvalue weighted by atomic mass is 10.4. The molecule has 5 heteroatoms. The van der Waals surface area contributed by atoms with E-state index in [1.54, 1.807) is 18.3 Å². The number of aromatic nitrogens is 1. The zero-order chi connectivity index (χ0) is 9.84. The van der Waals surface area contributed by atoms with Crippen LogP contribution in [0.1, 0.15) is 0 Å². The lowest BCUT2D eigenvalue weighted by Gasteiger charge is -2.10. The van der Waals surface area contributed by atoms with Crippen LogP contribution in [0.25, 0.3) is 0 Å². The van der Waals surface area contributed by atoms with Gasteiger partial charge in [0.05, 0.1) is 10.1 Å². The zero-order valence-corrected chi connectivity index (χ0v) is 9.26. The molecule has 13 heavy (non-hydrogen) atoms. The standard InChI is InChI=1S/C8H10INO3/c1-13-7(11)5-10-4-2-3-6(9)8(10)12/h2-4,7,11H,5H2,1H3. The van der Waals surface area contributed by atoms with Crippen molar-refractivity contribution in [1.29, 1.82) is 0 Å². The molecule has 0 bridgehead atoms. The maximum absolute atomic E-state index is 11.4. The van der Waals surface area contributed by atoms with E-state index < -0.39 is 6.29 Å². The molecule has 0 saturated heterocycles. The van der Waals surface area contributed by atoms with E-state index in [0.29, 0.717) is 3.57 Å². The molecule has 0 aliphatic carbocycles. The Kier molecular flexibility index (Phi) is 3.89. The number of ether oxygens (including phenoxy) is 1. The minimum atomic E-state index is -0.934. The van der Waals surface area contributed by atoms with E-state index in [9.17, 15) is 4.79 Å². The Morgan fingerprint density at radius 3 is 3.08 bits per heavy atom. The second kappa shape index (κ2) is 4.73. The highest BCUT2D eigenvalue weighted by molar-refractivity contribution is 14.1. The third kappa shape index (κ3) is 2.78. The van der Waals surface area contributed by atoms with E-state index >= 15 is 0 Å². The molecule has 1 atom stereocenters. The second-order valence-electron chi connectivity index (χ2n) is 2.50.